The molecule has 0 bridgehead atoms. The second-order valence-electron chi connectivity index (χ2n) is 3.90. The highest BCUT2D eigenvalue weighted by Crippen LogP contribution is 2.18. The molecular weight excluding hydrogens is 279 g/mol. The lowest BCUT2D eigenvalue weighted by molar-refractivity contribution is -0.186. The molecule has 0 spiro atoms. The summed E-state index contributed by atoms with van der Waals surface area (Å²) in [5.41, 5.74) is 0. The van der Waals surface area contributed by atoms with Gasteiger partial charge in [0.05, 0.1) is 13.0 Å². The Labute approximate surface area is 116 Å². The van der Waals surface area contributed by atoms with E-state index in [1.54, 1.807) is 13.8 Å². The van der Waals surface area contributed by atoms with Crippen molar-refractivity contribution in [3.8, 4) is 0 Å². The maximum absolute atomic E-state index is 12.4. The molecular formula is C12H20F3NO4. The van der Waals surface area contributed by atoms with Gasteiger partial charge in [-0.2, -0.15) is 13.2 Å². The molecule has 20 heavy (non-hydrogen) atoms. The van der Waals surface area contributed by atoms with Crippen molar-refractivity contribution in [3.63, 3.8) is 0 Å². The molecule has 0 aliphatic carbocycles. The molecule has 0 rings (SSSR count). The van der Waals surface area contributed by atoms with Crippen molar-refractivity contribution in [2.24, 2.45) is 0 Å². The van der Waals surface area contributed by atoms with Gasteiger partial charge in [-0.25, -0.2) is 0 Å². The number of hydrogen-bond acceptors (Lipinski definition) is 4. The van der Waals surface area contributed by atoms with Crippen LogP contribution in [0.2, 0.25) is 0 Å². The Kier molecular flexibility index (Phi) is 8.94. The van der Waals surface area contributed by atoms with Crippen LogP contribution in [0.4, 0.5) is 13.2 Å². The van der Waals surface area contributed by atoms with Crippen LogP contribution in [0.5, 0.6) is 0 Å². The lowest BCUT2D eigenvalue weighted by Crippen LogP contribution is -2.43. The van der Waals surface area contributed by atoms with Gasteiger partial charge in [-0.1, -0.05) is 0 Å². The van der Waals surface area contributed by atoms with Gasteiger partial charge < -0.3 is 14.4 Å². The molecule has 0 aromatic rings. The molecule has 0 aromatic carbocycles. The van der Waals surface area contributed by atoms with E-state index in [-0.39, 0.29) is 39.1 Å². The first-order valence-electron chi connectivity index (χ1n) is 6.42. The summed E-state index contributed by atoms with van der Waals surface area (Å²) in [6, 6.07) is 0. The monoisotopic (exact) mass is 299 g/mol. The van der Waals surface area contributed by atoms with E-state index in [1.165, 1.54) is 0 Å². The summed E-state index contributed by atoms with van der Waals surface area (Å²) in [7, 11) is 0. The number of halogens is 3. The summed E-state index contributed by atoms with van der Waals surface area (Å²) in [4.78, 5) is 22.9. The molecule has 0 N–H and O–H groups in total. The minimum absolute atomic E-state index is 0.113. The summed E-state index contributed by atoms with van der Waals surface area (Å²) in [5, 5.41) is 0. The summed E-state index contributed by atoms with van der Waals surface area (Å²) < 4.78 is 46.8. The number of ether oxygens (including phenoxy) is 2. The molecule has 0 radical (unpaired) electrons. The molecule has 0 aromatic heterocycles. The molecule has 0 atom stereocenters. The number of hydrogen-bond donors (Lipinski definition) is 0. The Bertz CT molecular complexity index is 308. The highest BCUT2D eigenvalue weighted by Gasteiger charge is 2.42. The van der Waals surface area contributed by atoms with Gasteiger partial charge in [0, 0.05) is 26.3 Å². The summed E-state index contributed by atoms with van der Waals surface area (Å²) in [5.74, 6) is -2.57. The second-order valence-corrected chi connectivity index (χ2v) is 3.90. The highest BCUT2D eigenvalue weighted by atomic mass is 19.4. The molecule has 0 saturated heterocycles. The Morgan fingerprint density at radius 2 is 1.75 bits per heavy atom. The summed E-state index contributed by atoms with van der Waals surface area (Å²) >= 11 is 0. The summed E-state index contributed by atoms with van der Waals surface area (Å²) in [6.07, 6.45) is -4.93. The van der Waals surface area contributed by atoms with E-state index < -0.39 is 18.1 Å². The fourth-order valence-corrected chi connectivity index (χ4v) is 1.46. The Balaban J connectivity index is 4.39. The number of nitrogens with zero attached hydrogens (tertiary/aromatic N) is 1. The number of carbonyl (C=O) groups excluding carboxylic acids is 2. The van der Waals surface area contributed by atoms with Crippen molar-refractivity contribution in [2.45, 2.75) is 32.9 Å². The largest absolute Gasteiger partial charge is 0.471 e. The number of amides is 1. The predicted octanol–water partition coefficient (Wildman–Crippen LogP) is 1.76. The van der Waals surface area contributed by atoms with Crippen LogP contribution in [-0.2, 0) is 19.1 Å². The maximum Gasteiger partial charge on any atom is 0.471 e. The Morgan fingerprint density at radius 1 is 1.10 bits per heavy atom. The van der Waals surface area contributed by atoms with Gasteiger partial charge in [-0.15, -0.1) is 0 Å². The fraction of sp³-hybridized carbons (Fsp3) is 0.833. The van der Waals surface area contributed by atoms with Crippen molar-refractivity contribution in [1.82, 2.24) is 4.90 Å². The van der Waals surface area contributed by atoms with Crippen molar-refractivity contribution in [2.75, 3.05) is 32.9 Å². The van der Waals surface area contributed by atoms with Gasteiger partial charge in [-0.3, -0.25) is 9.59 Å². The lowest BCUT2D eigenvalue weighted by Gasteiger charge is -2.23. The van der Waals surface area contributed by atoms with Crippen LogP contribution in [0.1, 0.15) is 26.7 Å². The van der Waals surface area contributed by atoms with Gasteiger partial charge in [0.1, 0.15) is 0 Å². The zero-order chi connectivity index (χ0) is 15.6. The smallest absolute Gasteiger partial charge is 0.466 e. The molecule has 5 nitrogen and oxygen atoms in total. The number of rotatable bonds is 9. The van der Waals surface area contributed by atoms with Crippen molar-refractivity contribution >= 4 is 11.9 Å². The van der Waals surface area contributed by atoms with E-state index in [1.807, 2.05) is 0 Å². The van der Waals surface area contributed by atoms with Crippen LogP contribution in [0.3, 0.4) is 0 Å². The normalized spacial score (nSPS) is 11.2. The first kappa shape index (κ1) is 18.7. The molecule has 0 unspecified atom stereocenters. The molecule has 0 heterocycles. The zero-order valence-corrected chi connectivity index (χ0v) is 11.7. The number of carbonyl (C=O) groups is 2. The standard InChI is InChI=1S/C12H20F3NO4/c1-3-19-9-5-7-16(11(18)12(13,14)15)8-6-10(17)20-4-2/h3-9H2,1-2H3. The van der Waals surface area contributed by atoms with Gasteiger partial charge in [0.2, 0.25) is 0 Å². The first-order chi connectivity index (χ1) is 9.32. The maximum atomic E-state index is 12.4. The van der Waals surface area contributed by atoms with Crippen LogP contribution in [0.15, 0.2) is 0 Å². The zero-order valence-electron chi connectivity index (χ0n) is 11.7. The highest BCUT2D eigenvalue weighted by molar-refractivity contribution is 5.82. The van der Waals surface area contributed by atoms with E-state index in [2.05, 4.69) is 4.74 Å². The van der Waals surface area contributed by atoms with E-state index in [4.69, 9.17) is 4.74 Å². The Hall–Kier alpha value is -1.31. The van der Waals surface area contributed by atoms with Crippen LogP contribution in [0.25, 0.3) is 0 Å². The van der Waals surface area contributed by atoms with Crippen LogP contribution in [-0.4, -0.2) is 55.9 Å². The topological polar surface area (TPSA) is 55.8 Å². The quantitative estimate of drug-likeness (QED) is 0.481. The van der Waals surface area contributed by atoms with Crippen LogP contribution in [0, 0.1) is 0 Å². The average Bonchev–Trinajstić information content (AvgIpc) is 2.36. The SMILES string of the molecule is CCOCCCN(CCC(=O)OCC)C(=O)C(F)(F)F. The Morgan fingerprint density at radius 3 is 2.25 bits per heavy atom. The minimum Gasteiger partial charge on any atom is -0.466 e. The van der Waals surface area contributed by atoms with Crippen LogP contribution < -0.4 is 0 Å². The van der Waals surface area contributed by atoms with E-state index in [0.717, 1.165) is 0 Å². The molecule has 0 aliphatic rings. The van der Waals surface area contributed by atoms with Gasteiger partial charge in [0.25, 0.3) is 0 Å². The van der Waals surface area contributed by atoms with Gasteiger partial charge in [-0.05, 0) is 20.3 Å². The molecule has 0 aliphatic heterocycles. The number of esters is 1. The van der Waals surface area contributed by atoms with Crippen molar-refractivity contribution in [3.05, 3.63) is 0 Å². The van der Waals surface area contributed by atoms with E-state index in [9.17, 15) is 22.8 Å². The second kappa shape index (κ2) is 9.57. The van der Waals surface area contributed by atoms with E-state index in [0.29, 0.717) is 11.5 Å². The molecule has 0 fully saturated rings. The van der Waals surface area contributed by atoms with Crippen molar-refractivity contribution < 1.29 is 32.2 Å². The third-order valence-corrected chi connectivity index (χ3v) is 2.34. The van der Waals surface area contributed by atoms with Crippen molar-refractivity contribution in [1.29, 1.82) is 0 Å². The van der Waals surface area contributed by atoms with Crippen LogP contribution >= 0.6 is 0 Å². The number of alkyl halides is 3. The van der Waals surface area contributed by atoms with Gasteiger partial charge >= 0.3 is 18.1 Å². The fourth-order valence-electron chi connectivity index (χ4n) is 1.46. The lowest BCUT2D eigenvalue weighted by atomic mass is 10.3. The van der Waals surface area contributed by atoms with Gasteiger partial charge in [0.15, 0.2) is 0 Å². The third kappa shape index (κ3) is 7.98. The minimum atomic E-state index is -4.94. The third-order valence-electron chi connectivity index (χ3n) is 2.34. The molecule has 118 valence electrons. The summed E-state index contributed by atoms with van der Waals surface area (Å²) in [6.45, 7) is 3.79. The molecule has 1 amide bonds. The molecule has 8 heteroatoms. The predicted molar refractivity (Wildman–Crippen MR) is 65.0 cm³/mol. The average molecular weight is 299 g/mol. The van der Waals surface area contributed by atoms with E-state index >= 15 is 0 Å². The molecule has 0 saturated carbocycles. The first-order valence-corrected chi connectivity index (χ1v) is 6.42.